The van der Waals surface area contributed by atoms with Gasteiger partial charge in [0.25, 0.3) is 0 Å². The van der Waals surface area contributed by atoms with Crippen LogP contribution in [0, 0.1) is 0 Å². The summed E-state index contributed by atoms with van der Waals surface area (Å²) in [4.78, 5) is 0. The average Bonchev–Trinajstić information content (AvgIpc) is 2.87. The molecule has 0 fully saturated rings. The minimum Gasteiger partial charge on any atom is -0.497 e. The highest BCUT2D eigenvalue weighted by molar-refractivity contribution is 5.27. The van der Waals surface area contributed by atoms with E-state index in [2.05, 4.69) is 47.3 Å². The highest BCUT2D eigenvalue weighted by Crippen LogP contribution is 2.11. The average molecular weight is 244 g/mol. The number of aromatic nitrogens is 1. The molecule has 96 valence electrons. The lowest BCUT2D eigenvalue weighted by Crippen LogP contribution is -2.15. The SMILES string of the molecule is CCn1cccc1CNCc1ccc(OC)cc1. The Morgan fingerprint density at radius 3 is 2.56 bits per heavy atom. The summed E-state index contributed by atoms with van der Waals surface area (Å²) in [5.74, 6) is 0.901. The third-order valence-electron chi connectivity index (χ3n) is 3.06. The van der Waals surface area contributed by atoms with Gasteiger partial charge in [-0.25, -0.2) is 0 Å². The Labute approximate surface area is 108 Å². The van der Waals surface area contributed by atoms with Crippen LogP contribution in [0.15, 0.2) is 42.6 Å². The molecule has 0 aliphatic heterocycles. The van der Waals surface area contributed by atoms with E-state index in [1.807, 2.05) is 12.1 Å². The summed E-state index contributed by atoms with van der Waals surface area (Å²) in [5.41, 5.74) is 2.59. The van der Waals surface area contributed by atoms with Gasteiger partial charge in [0, 0.05) is 31.5 Å². The fourth-order valence-corrected chi connectivity index (χ4v) is 2.00. The van der Waals surface area contributed by atoms with Gasteiger partial charge in [0.2, 0.25) is 0 Å². The highest BCUT2D eigenvalue weighted by Gasteiger charge is 1.99. The van der Waals surface area contributed by atoms with Crippen molar-refractivity contribution < 1.29 is 4.74 Å². The van der Waals surface area contributed by atoms with Gasteiger partial charge < -0.3 is 14.6 Å². The van der Waals surface area contributed by atoms with E-state index in [0.29, 0.717) is 0 Å². The lowest BCUT2D eigenvalue weighted by Gasteiger charge is -2.08. The zero-order valence-electron chi connectivity index (χ0n) is 11.0. The molecule has 0 bridgehead atoms. The van der Waals surface area contributed by atoms with Crippen molar-refractivity contribution in [2.45, 2.75) is 26.6 Å². The highest BCUT2D eigenvalue weighted by atomic mass is 16.5. The molecular weight excluding hydrogens is 224 g/mol. The second kappa shape index (κ2) is 6.26. The predicted molar refractivity (Wildman–Crippen MR) is 73.6 cm³/mol. The monoisotopic (exact) mass is 244 g/mol. The van der Waals surface area contributed by atoms with E-state index in [1.54, 1.807) is 7.11 Å². The summed E-state index contributed by atoms with van der Waals surface area (Å²) in [6.45, 7) is 4.95. The first-order chi connectivity index (χ1) is 8.83. The van der Waals surface area contributed by atoms with Crippen molar-refractivity contribution >= 4 is 0 Å². The van der Waals surface area contributed by atoms with Crippen molar-refractivity contribution in [3.63, 3.8) is 0 Å². The van der Waals surface area contributed by atoms with Crippen molar-refractivity contribution in [1.82, 2.24) is 9.88 Å². The van der Waals surface area contributed by atoms with Crippen molar-refractivity contribution in [3.8, 4) is 5.75 Å². The van der Waals surface area contributed by atoms with Gasteiger partial charge in [-0.05, 0) is 36.8 Å². The Hall–Kier alpha value is -1.74. The molecule has 1 N–H and O–H groups in total. The van der Waals surface area contributed by atoms with Crippen LogP contribution in [0.2, 0.25) is 0 Å². The summed E-state index contributed by atoms with van der Waals surface area (Å²) < 4.78 is 7.39. The smallest absolute Gasteiger partial charge is 0.118 e. The molecule has 2 aromatic rings. The number of hydrogen-bond donors (Lipinski definition) is 1. The maximum atomic E-state index is 5.14. The van der Waals surface area contributed by atoms with E-state index in [1.165, 1.54) is 11.3 Å². The predicted octanol–water partition coefficient (Wildman–Crippen LogP) is 2.81. The molecule has 18 heavy (non-hydrogen) atoms. The molecule has 0 amide bonds. The molecule has 3 nitrogen and oxygen atoms in total. The fraction of sp³-hybridized carbons (Fsp3) is 0.333. The first kappa shape index (κ1) is 12.7. The molecule has 0 aliphatic carbocycles. The molecule has 0 atom stereocenters. The van der Waals surface area contributed by atoms with Gasteiger partial charge >= 0.3 is 0 Å². The van der Waals surface area contributed by atoms with Gasteiger partial charge in [-0.3, -0.25) is 0 Å². The molecule has 0 saturated heterocycles. The molecule has 1 aromatic heterocycles. The van der Waals surface area contributed by atoms with Crippen LogP contribution in [0.4, 0.5) is 0 Å². The zero-order valence-corrected chi connectivity index (χ0v) is 11.0. The molecule has 0 unspecified atom stereocenters. The van der Waals surface area contributed by atoms with Crippen molar-refractivity contribution in [2.75, 3.05) is 7.11 Å². The van der Waals surface area contributed by atoms with E-state index in [0.717, 1.165) is 25.4 Å². The Kier molecular flexibility index (Phi) is 4.42. The van der Waals surface area contributed by atoms with E-state index >= 15 is 0 Å². The third kappa shape index (κ3) is 3.14. The van der Waals surface area contributed by atoms with Gasteiger partial charge in [-0.2, -0.15) is 0 Å². The molecule has 3 heteroatoms. The number of nitrogens with one attached hydrogen (secondary N) is 1. The first-order valence-electron chi connectivity index (χ1n) is 6.31. The number of hydrogen-bond acceptors (Lipinski definition) is 2. The summed E-state index contributed by atoms with van der Waals surface area (Å²) in [6, 6.07) is 12.4. The Balaban J connectivity index is 1.84. The minimum absolute atomic E-state index is 0.874. The number of aryl methyl sites for hydroxylation is 1. The molecular formula is C15H20N2O. The molecule has 0 radical (unpaired) electrons. The van der Waals surface area contributed by atoms with E-state index in [4.69, 9.17) is 4.74 Å². The minimum atomic E-state index is 0.874. The standard InChI is InChI=1S/C15H20N2O/c1-3-17-10-4-5-14(17)12-16-11-13-6-8-15(18-2)9-7-13/h4-10,16H,3,11-12H2,1-2H3. The number of rotatable bonds is 6. The summed E-state index contributed by atoms with van der Waals surface area (Å²) in [7, 11) is 1.69. The zero-order chi connectivity index (χ0) is 12.8. The largest absolute Gasteiger partial charge is 0.497 e. The maximum Gasteiger partial charge on any atom is 0.118 e. The van der Waals surface area contributed by atoms with Crippen LogP contribution in [0.5, 0.6) is 5.75 Å². The number of methoxy groups -OCH3 is 1. The third-order valence-corrected chi connectivity index (χ3v) is 3.06. The number of ether oxygens (including phenoxy) is 1. The van der Waals surface area contributed by atoms with E-state index in [9.17, 15) is 0 Å². The normalized spacial score (nSPS) is 10.6. The summed E-state index contributed by atoms with van der Waals surface area (Å²) in [6.07, 6.45) is 2.12. The summed E-state index contributed by atoms with van der Waals surface area (Å²) in [5, 5.41) is 3.45. The lowest BCUT2D eigenvalue weighted by atomic mass is 10.2. The van der Waals surface area contributed by atoms with E-state index in [-0.39, 0.29) is 0 Å². The van der Waals surface area contributed by atoms with Gasteiger partial charge in [-0.15, -0.1) is 0 Å². The molecule has 1 aromatic carbocycles. The van der Waals surface area contributed by atoms with Gasteiger partial charge in [-0.1, -0.05) is 12.1 Å². The van der Waals surface area contributed by atoms with E-state index < -0.39 is 0 Å². The molecule has 0 saturated carbocycles. The van der Waals surface area contributed by atoms with Crippen LogP contribution in [-0.2, 0) is 19.6 Å². The van der Waals surface area contributed by atoms with Gasteiger partial charge in [0.15, 0.2) is 0 Å². The quantitative estimate of drug-likeness (QED) is 0.845. The van der Waals surface area contributed by atoms with Crippen molar-refractivity contribution in [1.29, 1.82) is 0 Å². The lowest BCUT2D eigenvalue weighted by molar-refractivity contribution is 0.414. The van der Waals surface area contributed by atoms with Crippen LogP contribution in [-0.4, -0.2) is 11.7 Å². The number of nitrogens with zero attached hydrogens (tertiary/aromatic N) is 1. The molecule has 0 spiro atoms. The second-order valence-corrected chi connectivity index (χ2v) is 4.24. The second-order valence-electron chi connectivity index (χ2n) is 4.24. The summed E-state index contributed by atoms with van der Waals surface area (Å²) >= 11 is 0. The number of benzene rings is 1. The molecule has 1 heterocycles. The maximum absolute atomic E-state index is 5.14. The van der Waals surface area contributed by atoms with Crippen molar-refractivity contribution in [2.24, 2.45) is 0 Å². The topological polar surface area (TPSA) is 26.2 Å². The Bertz CT molecular complexity index is 473. The van der Waals surface area contributed by atoms with Crippen LogP contribution in [0.25, 0.3) is 0 Å². The molecule has 2 rings (SSSR count). The van der Waals surface area contributed by atoms with Crippen molar-refractivity contribution in [3.05, 3.63) is 53.9 Å². The van der Waals surface area contributed by atoms with Crippen LogP contribution >= 0.6 is 0 Å². The Morgan fingerprint density at radius 2 is 1.89 bits per heavy atom. The molecule has 0 aliphatic rings. The first-order valence-corrected chi connectivity index (χ1v) is 6.31. The fourth-order valence-electron chi connectivity index (χ4n) is 2.00. The van der Waals surface area contributed by atoms with Crippen LogP contribution in [0.1, 0.15) is 18.2 Å². The van der Waals surface area contributed by atoms with Crippen LogP contribution in [0.3, 0.4) is 0 Å². The van der Waals surface area contributed by atoms with Gasteiger partial charge in [0.05, 0.1) is 7.11 Å². The van der Waals surface area contributed by atoms with Gasteiger partial charge in [0.1, 0.15) is 5.75 Å². The van der Waals surface area contributed by atoms with Crippen LogP contribution < -0.4 is 10.1 Å². The Morgan fingerprint density at radius 1 is 1.11 bits per heavy atom.